The number of hydrogen-bond acceptors (Lipinski definition) is 0. The molecule has 0 amide bonds. The summed E-state index contributed by atoms with van der Waals surface area (Å²) in [5, 5.41) is 0.876. The second-order valence-corrected chi connectivity index (χ2v) is 10.8. The second-order valence-electron chi connectivity index (χ2n) is 9.50. The molecule has 2 aromatic rings. The van der Waals surface area contributed by atoms with E-state index in [2.05, 4.69) is 66.2 Å². The van der Waals surface area contributed by atoms with E-state index in [1.165, 1.54) is 117 Å². The first-order valence-electron chi connectivity index (χ1n) is 12.7. The first kappa shape index (κ1) is 24.8. The molecule has 0 saturated carbocycles. The molecule has 1 aliphatic rings. The van der Waals surface area contributed by atoms with Crippen molar-refractivity contribution in [1.29, 1.82) is 0 Å². The molecule has 0 spiro atoms. The summed E-state index contributed by atoms with van der Waals surface area (Å²) < 4.78 is 1.19. The summed E-state index contributed by atoms with van der Waals surface area (Å²) in [5.41, 5.74) is 5.96. The lowest BCUT2D eigenvalue weighted by atomic mass is 9.70. The average molecular weight is 504 g/mol. The smallest absolute Gasteiger partial charge is 0.0409 e. The maximum Gasteiger partial charge on any atom is 0.0409 e. The maximum absolute atomic E-state index is 6.55. The molecule has 0 fully saturated rings. The average Bonchev–Trinajstić information content (AvgIpc) is 3.02. The van der Waals surface area contributed by atoms with Gasteiger partial charge in [-0.1, -0.05) is 131 Å². The summed E-state index contributed by atoms with van der Waals surface area (Å²) in [6, 6.07) is 13.5. The molecule has 3 rings (SSSR count). The third-order valence-corrected chi connectivity index (χ3v) is 7.93. The lowest BCUT2D eigenvalue weighted by Gasteiger charge is -2.33. The van der Waals surface area contributed by atoms with Crippen LogP contribution in [0.1, 0.15) is 115 Å². The minimum atomic E-state index is 0.120. The molecule has 31 heavy (non-hydrogen) atoms. The molecule has 0 aliphatic heterocycles. The van der Waals surface area contributed by atoms with Gasteiger partial charge in [0.15, 0.2) is 0 Å². The Hall–Kier alpha value is -0.790. The van der Waals surface area contributed by atoms with Gasteiger partial charge in [0.25, 0.3) is 0 Å². The maximum atomic E-state index is 6.55. The van der Waals surface area contributed by atoms with E-state index < -0.39 is 0 Å². The zero-order valence-corrected chi connectivity index (χ0v) is 22.0. The van der Waals surface area contributed by atoms with Gasteiger partial charge in [-0.15, -0.1) is 0 Å². The first-order valence-corrected chi connectivity index (χ1v) is 13.9. The van der Waals surface area contributed by atoms with Crippen molar-refractivity contribution in [2.45, 2.75) is 109 Å². The summed E-state index contributed by atoms with van der Waals surface area (Å²) in [7, 11) is 0. The number of halogens is 2. The van der Waals surface area contributed by atoms with Crippen molar-refractivity contribution in [2.75, 3.05) is 0 Å². The number of benzene rings is 2. The monoisotopic (exact) mass is 502 g/mol. The lowest BCUT2D eigenvalue weighted by molar-refractivity contribution is 0.397. The van der Waals surface area contributed by atoms with Crippen LogP contribution in [0.2, 0.25) is 5.02 Å². The van der Waals surface area contributed by atoms with Crippen LogP contribution < -0.4 is 0 Å². The predicted octanol–water partition coefficient (Wildman–Crippen LogP) is 10.9. The Morgan fingerprint density at radius 1 is 0.645 bits per heavy atom. The predicted molar refractivity (Wildman–Crippen MR) is 141 cm³/mol. The fraction of sp³-hybridized carbons (Fsp3) is 0.586. The highest BCUT2D eigenvalue weighted by molar-refractivity contribution is 9.10. The Bertz CT molecular complexity index is 756. The second kappa shape index (κ2) is 12.4. The Balaban J connectivity index is 1.85. The summed E-state index contributed by atoms with van der Waals surface area (Å²) in [5.74, 6) is 0. The van der Waals surface area contributed by atoms with Crippen molar-refractivity contribution in [2.24, 2.45) is 0 Å². The molecule has 0 nitrogen and oxygen atoms in total. The summed E-state index contributed by atoms with van der Waals surface area (Å²) in [6.45, 7) is 4.59. The van der Waals surface area contributed by atoms with Crippen molar-refractivity contribution in [1.82, 2.24) is 0 Å². The van der Waals surface area contributed by atoms with Gasteiger partial charge in [-0.05, 0) is 59.4 Å². The van der Waals surface area contributed by atoms with Gasteiger partial charge in [0, 0.05) is 14.9 Å². The van der Waals surface area contributed by atoms with Crippen LogP contribution in [-0.2, 0) is 5.41 Å². The van der Waals surface area contributed by atoms with Crippen LogP contribution in [0.5, 0.6) is 0 Å². The molecule has 2 aromatic carbocycles. The van der Waals surface area contributed by atoms with Crippen LogP contribution >= 0.6 is 27.5 Å². The van der Waals surface area contributed by atoms with E-state index in [1.807, 2.05) is 0 Å². The number of fused-ring (bicyclic) bond motifs is 3. The topological polar surface area (TPSA) is 0 Å². The summed E-state index contributed by atoms with van der Waals surface area (Å²) in [4.78, 5) is 0. The fourth-order valence-corrected chi connectivity index (χ4v) is 6.05. The molecule has 0 unspecified atom stereocenters. The van der Waals surface area contributed by atoms with Crippen LogP contribution in [0.3, 0.4) is 0 Å². The standard InChI is InChI=1S/C29H40BrCl/c1-3-5-7-9-11-13-19-29(20-14-12-10-8-6-4-2)27-21-23(30)15-17-25(27)26-18-16-24(31)22-28(26)29/h15-18,21-22H,3-14,19-20H2,1-2H3. The van der Waals surface area contributed by atoms with Crippen molar-refractivity contribution in [3.8, 4) is 11.1 Å². The number of unbranched alkanes of at least 4 members (excludes halogenated alkanes) is 10. The van der Waals surface area contributed by atoms with Gasteiger partial charge >= 0.3 is 0 Å². The van der Waals surface area contributed by atoms with E-state index in [9.17, 15) is 0 Å². The van der Waals surface area contributed by atoms with E-state index in [-0.39, 0.29) is 5.41 Å². The van der Waals surface area contributed by atoms with Crippen molar-refractivity contribution in [3.05, 3.63) is 57.0 Å². The van der Waals surface area contributed by atoms with E-state index in [4.69, 9.17) is 11.6 Å². The number of hydrogen-bond donors (Lipinski definition) is 0. The van der Waals surface area contributed by atoms with E-state index in [0.29, 0.717) is 0 Å². The molecule has 0 atom stereocenters. The molecule has 0 aromatic heterocycles. The number of rotatable bonds is 14. The SMILES string of the molecule is CCCCCCCCC1(CCCCCCCC)c2cc(Cl)ccc2-c2ccc(Br)cc21. The Kier molecular flexibility index (Phi) is 9.98. The fourth-order valence-electron chi connectivity index (χ4n) is 5.52. The van der Waals surface area contributed by atoms with Gasteiger partial charge in [-0.3, -0.25) is 0 Å². The highest BCUT2D eigenvalue weighted by Gasteiger charge is 2.42. The van der Waals surface area contributed by atoms with Crippen LogP contribution in [0.4, 0.5) is 0 Å². The molecule has 0 saturated heterocycles. The van der Waals surface area contributed by atoms with Gasteiger partial charge < -0.3 is 0 Å². The molecule has 0 N–H and O–H groups in total. The van der Waals surface area contributed by atoms with Gasteiger partial charge in [0.2, 0.25) is 0 Å². The molecule has 2 heteroatoms. The molecule has 170 valence electrons. The van der Waals surface area contributed by atoms with Crippen molar-refractivity contribution in [3.63, 3.8) is 0 Å². The van der Waals surface area contributed by atoms with Crippen LogP contribution in [0, 0.1) is 0 Å². The molecular formula is C29H40BrCl. The first-order chi connectivity index (χ1) is 15.1. The van der Waals surface area contributed by atoms with Gasteiger partial charge in [0.1, 0.15) is 0 Å². The highest BCUT2D eigenvalue weighted by atomic mass is 79.9. The zero-order valence-electron chi connectivity index (χ0n) is 19.6. The van der Waals surface area contributed by atoms with E-state index in [0.717, 1.165) is 5.02 Å². The van der Waals surface area contributed by atoms with Crippen molar-refractivity contribution >= 4 is 27.5 Å². The normalized spacial score (nSPS) is 13.9. The van der Waals surface area contributed by atoms with E-state index in [1.54, 1.807) is 0 Å². The van der Waals surface area contributed by atoms with Crippen LogP contribution in [0.15, 0.2) is 40.9 Å². The molecule has 1 aliphatic carbocycles. The lowest BCUT2D eigenvalue weighted by Crippen LogP contribution is -2.25. The summed E-state index contributed by atoms with van der Waals surface area (Å²) >= 11 is 10.3. The molecule has 0 heterocycles. The van der Waals surface area contributed by atoms with Gasteiger partial charge in [-0.25, -0.2) is 0 Å². The highest BCUT2D eigenvalue weighted by Crippen LogP contribution is 2.55. The zero-order chi connectivity index (χ0) is 22.1. The van der Waals surface area contributed by atoms with Crippen molar-refractivity contribution < 1.29 is 0 Å². The largest absolute Gasteiger partial charge is 0.0843 e. The molecule has 0 bridgehead atoms. The summed E-state index contributed by atoms with van der Waals surface area (Å²) in [6.07, 6.45) is 18.7. The Morgan fingerprint density at radius 2 is 1.13 bits per heavy atom. The third kappa shape index (κ3) is 6.17. The molecule has 0 radical (unpaired) electrons. The third-order valence-electron chi connectivity index (χ3n) is 7.20. The Morgan fingerprint density at radius 3 is 1.71 bits per heavy atom. The van der Waals surface area contributed by atoms with Crippen LogP contribution in [-0.4, -0.2) is 0 Å². The Labute approximate surface area is 204 Å². The van der Waals surface area contributed by atoms with Crippen LogP contribution in [0.25, 0.3) is 11.1 Å². The van der Waals surface area contributed by atoms with Gasteiger partial charge in [-0.2, -0.15) is 0 Å². The minimum Gasteiger partial charge on any atom is -0.0843 e. The quantitative estimate of drug-likeness (QED) is 0.225. The molecular weight excluding hydrogens is 464 g/mol. The minimum absolute atomic E-state index is 0.120. The van der Waals surface area contributed by atoms with E-state index >= 15 is 0 Å². The van der Waals surface area contributed by atoms with Gasteiger partial charge in [0.05, 0.1) is 0 Å².